The number of benzene rings is 2. The van der Waals surface area contributed by atoms with Crippen molar-refractivity contribution in [1.82, 2.24) is 9.80 Å². The minimum Gasteiger partial charge on any atom is -0.364 e. The molecule has 0 saturated carbocycles. The van der Waals surface area contributed by atoms with E-state index in [0.717, 1.165) is 42.9 Å². The van der Waals surface area contributed by atoms with E-state index < -0.39 is 0 Å². The molecule has 0 radical (unpaired) electrons. The summed E-state index contributed by atoms with van der Waals surface area (Å²) in [5, 5.41) is 0. The van der Waals surface area contributed by atoms with Gasteiger partial charge >= 0.3 is 0 Å². The normalized spacial score (nSPS) is 18.2. The van der Waals surface area contributed by atoms with E-state index in [1.807, 2.05) is 56.3 Å². The molecule has 1 fully saturated rings. The second kappa shape index (κ2) is 7.48. The average Bonchev–Trinajstić information content (AvgIpc) is 2.95. The SMILES string of the molecule is Cc1cccc(N2C(=O)C(c3ccc(C)c(C)c3)=C(N3CCN(C)CC3)C2=O)c1. The lowest BCUT2D eigenvalue weighted by Gasteiger charge is -2.34. The number of rotatable bonds is 3. The fourth-order valence-corrected chi connectivity index (χ4v) is 4.00. The summed E-state index contributed by atoms with van der Waals surface area (Å²) in [7, 11) is 2.08. The highest BCUT2D eigenvalue weighted by Crippen LogP contribution is 2.35. The van der Waals surface area contributed by atoms with Crippen molar-refractivity contribution in [2.45, 2.75) is 20.8 Å². The Morgan fingerprint density at radius 2 is 1.52 bits per heavy atom. The third-order valence-electron chi connectivity index (χ3n) is 5.93. The molecule has 0 aliphatic carbocycles. The van der Waals surface area contributed by atoms with Crippen molar-refractivity contribution >= 4 is 23.1 Å². The first kappa shape index (κ1) is 19.4. The van der Waals surface area contributed by atoms with E-state index in [1.54, 1.807) is 0 Å². The van der Waals surface area contributed by atoms with Gasteiger partial charge in [0.05, 0.1) is 11.3 Å². The van der Waals surface area contributed by atoms with Gasteiger partial charge in [0.1, 0.15) is 5.70 Å². The summed E-state index contributed by atoms with van der Waals surface area (Å²) >= 11 is 0. The molecule has 1 saturated heterocycles. The summed E-state index contributed by atoms with van der Waals surface area (Å²) in [4.78, 5) is 32.8. The standard InChI is InChI=1S/C24H27N3O2/c1-16-6-5-7-20(14-16)27-23(28)21(19-9-8-17(2)18(3)15-19)22(24(27)29)26-12-10-25(4)11-13-26/h5-9,14-15H,10-13H2,1-4H3. The van der Waals surface area contributed by atoms with E-state index in [1.165, 1.54) is 10.5 Å². The number of nitrogens with zero attached hydrogens (tertiary/aromatic N) is 3. The highest BCUT2D eigenvalue weighted by atomic mass is 16.2. The zero-order valence-electron chi connectivity index (χ0n) is 17.5. The van der Waals surface area contributed by atoms with Crippen molar-refractivity contribution in [2.75, 3.05) is 38.1 Å². The maximum atomic E-state index is 13.6. The fraction of sp³-hybridized carbons (Fsp3) is 0.333. The first-order valence-electron chi connectivity index (χ1n) is 10.1. The maximum Gasteiger partial charge on any atom is 0.282 e. The van der Waals surface area contributed by atoms with Crippen LogP contribution >= 0.6 is 0 Å². The lowest BCUT2D eigenvalue weighted by Crippen LogP contribution is -2.46. The number of anilines is 1. The lowest BCUT2D eigenvalue weighted by molar-refractivity contribution is -0.120. The zero-order valence-corrected chi connectivity index (χ0v) is 17.5. The van der Waals surface area contributed by atoms with Crippen LogP contribution in [0.2, 0.25) is 0 Å². The van der Waals surface area contributed by atoms with Gasteiger partial charge in [-0.3, -0.25) is 9.59 Å². The summed E-state index contributed by atoms with van der Waals surface area (Å²) in [5.74, 6) is -0.462. The fourth-order valence-electron chi connectivity index (χ4n) is 4.00. The van der Waals surface area contributed by atoms with Crippen LogP contribution in [0.5, 0.6) is 0 Å². The van der Waals surface area contributed by atoms with Crippen molar-refractivity contribution in [2.24, 2.45) is 0 Å². The van der Waals surface area contributed by atoms with Crippen LogP contribution in [0, 0.1) is 20.8 Å². The second-order valence-electron chi connectivity index (χ2n) is 8.10. The van der Waals surface area contributed by atoms with Gasteiger partial charge in [-0.25, -0.2) is 4.90 Å². The second-order valence-corrected chi connectivity index (χ2v) is 8.10. The van der Waals surface area contributed by atoms with E-state index in [9.17, 15) is 9.59 Å². The molecule has 29 heavy (non-hydrogen) atoms. The van der Waals surface area contributed by atoms with Crippen LogP contribution in [0.1, 0.15) is 22.3 Å². The molecule has 0 unspecified atom stereocenters. The van der Waals surface area contributed by atoms with Gasteiger partial charge in [0, 0.05) is 26.2 Å². The summed E-state index contributed by atoms with van der Waals surface area (Å²) in [6.45, 7) is 9.27. The highest BCUT2D eigenvalue weighted by Gasteiger charge is 2.43. The van der Waals surface area contributed by atoms with Gasteiger partial charge in [-0.2, -0.15) is 0 Å². The third-order valence-corrected chi connectivity index (χ3v) is 5.93. The Kier molecular flexibility index (Phi) is 5.01. The first-order chi connectivity index (χ1) is 13.9. The molecule has 2 heterocycles. The number of aryl methyl sites for hydroxylation is 3. The van der Waals surface area contributed by atoms with Gasteiger partial charge in [-0.15, -0.1) is 0 Å². The van der Waals surface area contributed by atoms with Crippen LogP contribution in [0.15, 0.2) is 48.2 Å². The summed E-state index contributed by atoms with van der Waals surface area (Å²) in [5.41, 5.74) is 5.80. The highest BCUT2D eigenvalue weighted by molar-refractivity contribution is 6.45. The number of piperazine rings is 1. The molecule has 150 valence electrons. The molecule has 0 aromatic heterocycles. The number of imide groups is 1. The molecular weight excluding hydrogens is 362 g/mol. The molecule has 4 rings (SSSR count). The minimum atomic E-state index is -0.238. The van der Waals surface area contributed by atoms with Crippen molar-refractivity contribution in [3.8, 4) is 0 Å². The zero-order chi connectivity index (χ0) is 20.7. The third kappa shape index (κ3) is 3.47. The predicted molar refractivity (Wildman–Crippen MR) is 116 cm³/mol. The predicted octanol–water partition coefficient (Wildman–Crippen LogP) is 3.14. The number of hydrogen-bond donors (Lipinski definition) is 0. The van der Waals surface area contributed by atoms with Crippen LogP contribution in [0.4, 0.5) is 5.69 Å². The Bertz CT molecular complexity index is 1020. The monoisotopic (exact) mass is 389 g/mol. The smallest absolute Gasteiger partial charge is 0.282 e. The maximum absolute atomic E-state index is 13.6. The quantitative estimate of drug-likeness (QED) is 0.757. The van der Waals surface area contributed by atoms with E-state index >= 15 is 0 Å². The lowest BCUT2D eigenvalue weighted by atomic mass is 9.99. The Hall–Kier alpha value is -2.92. The number of carbonyl (C=O) groups excluding carboxylic acids is 2. The molecule has 5 nitrogen and oxygen atoms in total. The molecule has 2 aromatic rings. The van der Waals surface area contributed by atoms with Gasteiger partial charge in [-0.05, 0) is 62.2 Å². The number of amides is 2. The Labute approximate surface area is 172 Å². The summed E-state index contributed by atoms with van der Waals surface area (Å²) < 4.78 is 0. The van der Waals surface area contributed by atoms with Crippen molar-refractivity contribution in [3.63, 3.8) is 0 Å². The Morgan fingerprint density at radius 1 is 0.793 bits per heavy atom. The molecule has 2 amide bonds. The molecule has 0 atom stereocenters. The molecule has 0 spiro atoms. The Balaban J connectivity index is 1.83. The summed E-state index contributed by atoms with van der Waals surface area (Å²) in [6, 6.07) is 13.6. The topological polar surface area (TPSA) is 43.9 Å². The molecule has 2 aliphatic heterocycles. The number of carbonyl (C=O) groups is 2. The minimum absolute atomic E-state index is 0.224. The van der Waals surface area contributed by atoms with Crippen LogP contribution in [0.3, 0.4) is 0 Å². The van der Waals surface area contributed by atoms with Crippen molar-refractivity contribution in [3.05, 3.63) is 70.4 Å². The number of hydrogen-bond acceptors (Lipinski definition) is 4. The largest absolute Gasteiger partial charge is 0.364 e. The molecule has 5 heteroatoms. The molecular formula is C24H27N3O2. The first-order valence-corrected chi connectivity index (χ1v) is 10.1. The van der Waals surface area contributed by atoms with E-state index in [2.05, 4.69) is 23.8 Å². The molecule has 0 N–H and O–H groups in total. The van der Waals surface area contributed by atoms with Gasteiger partial charge in [0.25, 0.3) is 11.8 Å². The molecule has 0 bridgehead atoms. The van der Waals surface area contributed by atoms with Crippen molar-refractivity contribution < 1.29 is 9.59 Å². The summed E-state index contributed by atoms with van der Waals surface area (Å²) in [6.07, 6.45) is 0. The van der Waals surface area contributed by atoms with E-state index in [0.29, 0.717) is 17.0 Å². The average molecular weight is 389 g/mol. The van der Waals surface area contributed by atoms with Crippen LogP contribution in [-0.2, 0) is 9.59 Å². The van der Waals surface area contributed by atoms with Crippen LogP contribution < -0.4 is 4.90 Å². The van der Waals surface area contributed by atoms with E-state index in [-0.39, 0.29) is 11.8 Å². The molecule has 2 aromatic carbocycles. The van der Waals surface area contributed by atoms with Crippen LogP contribution in [-0.4, -0.2) is 54.8 Å². The van der Waals surface area contributed by atoms with Gasteiger partial charge in [-0.1, -0.05) is 30.3 Å². The Morgan fingerprint density at radius 3 is 2.17 bits per heavy atom. The van der Waals surface area contributed by atoms with Gasteiger partial charge < -0.3 is 9.80 Å². The van der Waals surface area contributed by atoms with E-state index in [4.69, 9.17) is 0 Å². The van der Waals surface area contributed by atoms with Crippen LogP contribution in [0.25, 0.3) is 5.57 Å². The van der Waals surface area contributed by atoms with Crippen molar-refractivity contribution in [1.29, 1.82) is 0 Å². The van der Waals surface area contributed by atoms with Gasteiger partial charge in [0.2, 0.25) is 0 Å². The molecule has 2 aliphatic rings. The number of likely N-dealkylation sites (N-methyl/N-ethyl adjacent to an activating group) is 1. The van der Waals surface area contributed by atoms with Gasteiger partial charge in [0.15, 0.2) is 0 Å².